The average molecular weight is 590 g/mol. The van der Waals surface area contributed by atoms with Crippen LogP contribution in [0.2, 0.25) is 0 Å². The Labute approximate surface area is 271 Å². The Morgan fingerprint density at radius 1 is 0.467 bits per heavy atom. The van der Waals surface area contributed by atoms with Gasteiger partial charge in [0.15, 0.2) is 0 Å². The van der Waals surface area contributed by atoms with Gasteiger partial charge in [0.2, 0.25) is 0 Å². The molecule has 0 saturated heterocycles. The average Bonchev–Trinajstić information content (AvgIpc) is 3.05. The number of benzene rings is 5. The molecule has 0 fully saturated rings. The minimum absolute atomic E-state index is 0.558. The Balaban J connectivity index is 1.31. The molecular weight excluding hydrogens is 542 g/mol. The van der Waals surface area contributed by atoms with Gasteiger partial charge in [-0.2, -0.15) is 0 Å². The molecule has 0 N–H and O–H groups in total. The van der Waals surface area contributed by atoms with E-state index in [4.69, 9.17) is 0 Å². The fraction of sp³-hybridized carbons (Fsp3) is 0.227. The van der Waals surface area contributed by atoms with E-state index in [0.29, 0.717) is 11.8 Å². The number of aryl methyl sites for hydroxylation is 2. The fourth-order valence-electron chi connectivity index (χ4n) is 6.21. The maximum absolute atomic E-state index is 3.87. The molecule has 0 heterocycles. The van der Waals surface area contributed by atoms with E-state index in [1.165, 1.54) is 61.6 Å². The lowest BCUT2D eigenvalue weighted by molar-refractivity contribution is 0.577. The van der Waals surface area contributed by atoms with E-state index in [-0.39, 0.29) is 0 Å². The maximum atomic E-state index is 3.87. The highest BCUT2D eigenvalue weighted by atomic mass is 15.1. The first-order valence-electron chi connectivity index (χ1n) is 16.3. The number of hydrogen-bond acceptors (Lipinski definition) is 1. The normalized spacial score (nSPS) is 12.4. The summed E-state index contributed by atoms with van der Waals surface area (Å²) in [5, 5.41) is 0. The standard InChI is InChI=1S/C44H47N/c1-7-36-10-14-38(15-11-36)27-32(3)29-40-18-23-42(24-19-40)45(44-22-9-34(5)35(6)31-44)43-25-20-41(21-26-43)30-33(4)28-39-16-12-37(8-2)13-17-39/h7-26,31-33H,1-2,27-30H2,3-6H3. The van der Waals surface area contributed by atoms with E-state index in [1.807, 2.05) is 12.2 Å². The smallest absolute Gasteiger partial charge is 0.0464 e. The molecule has 45 heavy (non-hydrogen) atoms. The zero-order chi connectivity index (χ0) is 31.8. The Bertz CT molecular complexity index is 1590. The van der Waals surface area contributed by atoms with Crippen molar-refractivity contribution in [1.82, 2.24) is 0 Å². The van der Waals surface area contributed by atoms with E-state index < -0.39 is 0 Å². The highest BCUT2D eigenvalue weighted by molar-refractivity contribution is 5.77. The molecule has 0 saturated carbocycles. The lowest BCUT2D eigenvalue weighted by atomic mass is 9.93. The maximum Gasteiger partial charge on any atom is 0.0464 e. The van der Waals surface area contributed by atoms with Gasteiger partial charge in [-0.15, -0.1) is 0 Å². The van der Waals surface area contributed by atoms with E-state index in [2.05, 4.69) is 161 Å². The third kappa shape index (κ3) is 8.52. The van der Waals surface area contributed by atoms with Crippen LogP contribution in [0.4, 0.5) is 17.1 Å². The second-order valence-corrected chi connectivity index (χ2v) is 12.9. The van der Waals surface area contributed by atoms with E-state index >= 15 is 0 Å². The van der Waals surface area contributed by atoms with Gasteiger partial charge in [0.05, 0.1) is 0 Å². The van der Waals surface area contributed by atoms with Gasteiger partial charge in [0.25, 0.3) is 0 Å². The Kier molecular flexibility index (Phi) is 10.5. The van der Waals surface area contributed by atoms with Crippen molar-refractivity contribution in [2.75, 3.05) is 4.90 Å². The molecule has 0 radical (unpaired) electrons. The Hall–Kier alpha value is -4.62. The van der Waals surface area contributed by atoms with Crippen LogP contribution < -0.4 is 4.90 Å². The van der Waals surface area contributed by atoms with Gasteiger partial charge in [-0.25, -0.2) is 0 Å². The largest absolute Gasteiger partial charge is 0.310 e. The lowest BCUT2D eigenvalue weighted by Crippen LogP contribution is -2.11. The predicted molar refractivity (Wildman–Crippen MR) is 197 cm³/mol. The summed E-state index contributed by atoms with van der Waals surface area (Å²) in [5.41, 5.74) is 14.0. The van der Waals surface area contributed by atoms with Crippen molar-refractivity contribution in [3.8, 4) is 0 Å². The fourth-order valence-corrected chi connectivity index (χ4v) is 6.21. The van der Waals surface area contributed by atoms with Crippen LogP contribution in [0.1, 0.15) is 58.4 Å². The summed E-state index contributed by atoms with van der Waals surface area (Å²) in [6.45, 7) is 16.8. The molecule has 1 nitrogen and oxygen atoms in total. The minimum atomic E-state index is 0.558. The van der Waals surface area contributed by atoms with Gasteiger partial charge < -0.3 is 4.90 Å². The van der Waals surface area contributed by atoms with Gasteiger partial charge in [-0.3, -0.25) is 0 Å². The molecular formula is C44H47N. The Morgan fingerprint density at radius 2 is 0.800 bits per heavy atom. The zero-order valence-corrected chi connectivity index (χ0v) is 27.5. The van der Waals surface area contributed by atoms with E-state index in [0.717, 1.165) is 25.7 Å². The molecule has 1 heteroatoms. The van der Waals surface area contributed by atoms with Gasteiger partial charge in [-0.05, 0) is 132 Å². The first-order chi connectivity index (χ1) is 21.8. The summed E-state index contributed by atoms with van der Waals surface area (Å²) in [5.74, 6) is 1.12. The molecule has 0 bridgehead atoms. The monoisotopic (exact) mass is 589 g/mol. The van der Waals surface area contributed by atoms with Crippen molar-refractivity contribution in [1.29, 1.82) is 0 Å². The second-order valence-electron chi connectivity index (χ2n) is 12.9. The van der Waals surface area contributed by atoms with Crippen molar-refractivity contribution >= 4 is 29.2 Å². The first kappa shape index (κ1) is 31.8. The quantitative estimate of drug-likeness (QED) is 0.132. The molecule has 5 aromatic carbocycles. The predicted octanol–water partition coefficient (Wildman–Crippen LogP) is 11.9. The van der Waals surface area contributed by atoms with Crippen molar-refractivity contribution in [2.45, 2.75) is 53.4 Å². The molecule has 0 aromatic heterocycles. The molecule has 5 rings (SSSR count). The summed E-state index contributed by atoms with van der Waals surface area (Å²) < 4.78 is 0. The topological polar surface area (TPSA) is 3.24 Å². The molecule has 0 aliphatic heterocycles. The molecule has 0 aliphatic carbocycles. The number of nitrogens with zero attached hydrogens (tertiary/aromatic N) is 1. The van der Waals surface area contributed by atoms with Crippen molar-refractivity contribution in [3.63, 3.8) is 0 Å². The van der Waals surface area contributed by atoms with Crippen LogP contribution in [0.25, 0.3) is 12.2 Å². The second kappa shape index (κ2) is 14.9. The van der Waals surface area contributed by atoms with Crippen LogP contribution in [0.5, 0.6) is 0 Å². The highest BCUT2D eigenvalue weighted by Crippen LogP contribution is 2.36. The first-order valence-corrected chi connectivity index (χ1v) is 16.3. The lowest BCUT2D eigenvalue weighted by Gasteiger charge is -2.27. The van der Waals surface area contributed by atoms with Crippen molar-refractivity contribution < 1.29 is 0 Å². The van der Waals surface area contributed by atoms with Crippen LogP contribution in [0.3, 0.4) is 0 Å². The summed E-state index contributed by atoms with van der Waals surface area (Å²) in [6.07, 6.45) is 8.05. The van der Waals surface area contributed by atoms with Crippen molar-refractivity contribution in [3.05, 3.63) is 173 Å². The third-order valence-corrected chi connectivity index (χ3v) is 8.91. The zero-order valence-electron chi connectivity index (χ0n) is 27.5. The summed E-state index contributed by atoms with van der Waals surface area (Å²) >= 11 is 0. The molecule has 2 unspecified atom stereocenters. The molecule has 2 atom stereocenters. The molecule has 5 aromatic rings. The van der Waals surface area contributed by atoms with Crippen LogP contribution in [0, 0.1) is 25.7 Å². The number of rotatable bonds is 13. The molecule has 0 spiro atoms. The van der Waals surface area contributed by atoms with E-state index in [9.17, 15) is 0 Å². The molecule has 0 amide bonds. The SMILES string of the molecule is C=Cc1ccc(CC(C)Cc2ccc(N(c3ccc(CC(C)Cc4ccc(C=C)cc4)cc3)c3ccc(C)c(C)c3)cc2)cc1. The summed E-state index contributed by atoms with van der Waals surface area (Å²) in [4.78, 5) is 2.38. The van der Waals surface area contributed by atoms with Crippen LogP contribution in [-0.2, 0) is 25.7 Å². The van der Waals surface area contributed by atoms with Gasteiger partial charge >= 0.3 is 0 Å². The summed E-state index contributed by atoms with van der Waals surface area (Å²) in [6, 6.07) is 42.6. The summed E-state index contributed by atoms with van der Waals surface area (Å²) in [7, 11) is 0. The molecule has 228 valence electrons. The highest BCUT2D eigenvalue weighted by Gasteiger charge is 2.15. The van der Waals surface area contributed by atoms with Crippen LogP contribution in [0.15, 0.2) is 128 Å². The van der Waals surface area contributed by atoms with Gasteiger partial charge in [-0.1, -0.05) is 118 Å². The van der Waals surface area contributed by atoms with Gasteiger partial charge in [0, 0.05) is 17.1 Å². The molecule has 0 aliphatic rings. The van der Waals surface area contributed by atoms with Gasteiger partial charge in [0.1, 0.15) is 0 Å². The van der Waals surface area contributed by atoms with Crippen LogP contribution in [-0.4, -0.2) is 0 Å². The number of anilines is 3. The van der Waals surface area contributed by atoms with Crippen molar-refractivity contribution in [2.24, 2.45) is 11.8 Å². The third-order valence-electron chi connectivity index (χ3n) is 8.91. The Morgan fingerprint density at radius 3 is 1.13 bits per heavy atom. The minimum Gasteiger partial charge on any atom is -0.310 e. The number of hydrogen-bond donors (Lipinski definition) is 0. The van der Waals surface area contributed by atoms with E-state index in [1.54, 1.807) is 0 Å². The van der Waals surface area contributed by atoms with Crippen LogP contribution >= 0.6 is 0 Å².